The van der Waals surface area contributed by atoms with Crippen LogP contribution >= 0.6 is 43.5 Å². The van der Waals surface area contributed by atoms with Crippen molar-refractivity contribution in [2.24, 2.45) is 0 Å². The Bertz CT molecular complexity index is 643. The highest BCUT2D eigenvalue weighted by molar-refractivity contribution is 9.10. The van der Waals surface area contributed by atoms with E-state index in [1.54, 1.807) is 18.2 Å². The molecule has 0 heterocycles. The van der Waals surface area contributed by atoms with Crippen LogP contribution in [0.3, 0.4) is 0 Å². The molecule has 0 bridgehead atoms. The summed E-state index contributed by atoms with van der Waals surface area (Å²) in [6.45, 7) is 2.05. The normalized spacial score (nSPS) is 12.0. The van der Waals surface area contributed by atoms with Gasteiger partial charge in [-0.2, -0.15) is 0 Å². The molecule has 110 valence electrons. The molecule has 1 amide bonds. The van der Waals surface area contributed by atoms with Gasteiger partial charge in [0.25, 0.3) is 5.91 Å². The number of hydrogen-bond acceptors (Lipinski definition) is 1. The fraction of sp³-hybridized carbons (Fsp3) is 0.188. The Kier molecular flexibility index (Phi) is 5.85. The van der Waals surface area contributed by atoms with E-state index < -0.39 is 0 Å². The van der Waals surface area contributed by atoms with E-state index in [1.165, 1.54) is 0 Å². The van der Waals surface area contributed by atoms with Crippen LogP contribution in [-0.4, -0.2) is 5.91 Å². The van der Waals surface area contributed by atoms with Gasteiger partial charge in [-0.15, -0.1) is 0 Å². The van der Waals surface area contributed by atoms with E-state index in [1.807, 2.05) is 31.2 Å². The summed E-state index contributed by atoms with van der Waals surface area (Å²) >= 11 is 12.7. The van der Waals surface area contributed by atoms with Crippen molar-refractivity contribution in [3.05, 3.63) is 67.6 Å². The molecule has 0 saturated carbocycles. The molecule has 0 spiro atoms. The van der Waals surface area contributed by atoms with Gasteiger partial charge in [-0.1, -0.05) is 46.6 Å². The number of carbonyl (C=O) groups is 1. The third-order valence-electron chi connectivity index (χ3n) is 3.16. The van der Waals surface area contributed by atoms with Crippen molar-refractivity contribution < 1.29 is 4.79 Å². The van der Waals surface area contributed by atoms with E-state index in [0.29, 0.717) is 15.1 Å². The highest BCUT2D eigenvalue weighted by Crippen LogP contribution is 2.24. The summed E-state index contributed by atoms with van der Waals surface area (Å²) in [7, 11) is 0. The van der Waals surface area contributed by atoms with E-state index in [-0.39, 0.29) is 11.9 Å². The van der Waals surface area contributed by atoms with Crippen LogP contribution in [-0.2, 0) is 0 Å². The second-order valence-electron chi connectivity index (χ2n) is 4.61. The highest BCUT2D eigenvalue weighted by atomic mass is 79.9. The zero-order valence-corrected chi connectivity index (χ0v) is 15.3. The van der Waals surface area contributed by atoms with Crippen molar-refractivity contribution in [3.8, 4) is 0 Å². The zero-order valence-electron chi connectivity index (χ0n) is 11.4. The Morgan fingerprint density at radius 1 is 1.19 bits per heavy atom. The van der Waals surface area contributed by atoms with Gasteiger partial charge in [-0.05, 0) is 58.2 Å². The fourth-order valence-corrected chi connectivity index (χ4v) is 3.15. The molecule has 5 heteroatoms. The number of amides is 1. The fourth-order valence-electron chi connectivity index (χ4n) is 2.03. The average Bonchev–Trinajstić information content (AvgIpc) is 2.45. The van der Waals surface area contributed by atoms with Crippen LogP contribution in [0.4, 0.5) is 0 Å². The summed E-state index contributed by atoms with van der Waals surface area (Å²) < 4.78 is 1.71. The Balaban J connectivity index is 2.18. The largest absolute Gasteiger partial charge is 0.345 e. The van der Waals surface area contributed by atoms with Crippen molar-refractivity contribution in [1.29, 1.82) is 0 Å². The molecule has 2 aromatic carbocycles. The van der Waals surface area contributed by atoms with E-state index in [9.17, 15) is 4.79 Å². The average molecular weight is 432 g/mol. The van der Waals surface area contributed by atoms with Gasteiger partial charge in [0, 0.05) is 14.0 Å². The topological polar surface area (TPSA) is 29.1 Å². The SMILES string of the molecule is CCC(NC(=O)c1ccc(Cl)cc1Br)c1ccc(Br)cc1. The van der Waals surface area contributed by atoms with Gasteiger partial charge in [0.2, 0.25) is 0 Å². The first kappa shape index (κ1) is 16.5. The summed E-state index contributed by atoms with van der Waals surface area (Å²) in [6, 6.07) is 13.1. The van der Waals surface area contributed by atoms with Crippen molar-refractivity contribution >= 4 is 49.4 Å². The molecule has 2 nitrogen and oxygen atoms in total. The van der Waals surface area contributed by atoms with Crippen molar-refractivity contribution in [2.45, 2.75) is 19.4 Å². The lowest BCUT2D eigenvalue weighted by atomic mass is 10.0. The maximum Gasteiger partial charge on any atom is 0.252 e. The molecular formula is C16H14Br2ClNO. The molecule has 0 fully saturated rings. The second-order valence-corrected chi connectivity index (χ2v) is 6.82. The minimum Gasteiger partial charge on any atom is -0.345 e. The minimum absolute atomic E-state index is 0.0202. The molecule has 0 aliphatic rings. The molecule has 0 aromatic heterocycles. The molecule has 0 radical (unpaired) electrons. The van der Waals surface area contributed by atoms with Crippen molar-refractivity contribution in [2.75, 3.05) is 0 Å². The van der Waals surface area contributed by atoms with E-state index >= 15 is 0 Å². The van der Waals surface area contributed by atoms with Gasteiger partial charge in [0.1, 0.15) is 0 Å². The number of nitrogens with one attached hydrogen (secondary N) is 1. The number of hydrogen-bond donors (Lipinski definition) is 1. The lowest BCUT2D eigenvalue weighted by molar-refractivity contribution is 0.0935. The lowest BCUT2D eigenvalue weighted by Crippen LogP contribution is -2.28. The number of carbonyl (C=O) groups excluding carboxylic acids is 1. The van der Waals surface area contributed by atoms with Gasteiger partial charge in [0.15, 0.2) is 0 Å². The summed E-state index contributed by atoms with van der Waals surface area (Å²) in [5.41, 5.74) is 1.66. The van der Waals surface area contributed by atoms with Crippen LogP contribution in [0.2, 0.25) is 5.02 Å². The van der Waals surface area contributed by atoms with Crippen molar-refractivity contribution in [3.63, 3.8) is 0 Å². The van der Waals surface area contributed by atoms with Gasteiger partial charge in [-0.25, -0.2) is 0 Å². The van der Waals surface area contributed by atoms with Crippen LogP contribution in [0, 0.1) is 0 Å². The molecule has 1 unspecified atom stereocenters. The summed E-state index contributed by atoms with van der Waals surface area (Å²) in [5, 5.41) is 3.65. The maximum atomic E-state index is 12.4. The highest BCUT2D eigenvalue weighted by Gasteiger charge is 2.16. The third-order valence-corrected chi connectivity index (χ3v) is 4.58. The quantitative estimate of drug-likeness (QED) is 0.657. The summed E-state index contributed by atoms with van der Waals surface area (Å²) in [5.74, 6) is -0.117. The minimum atomic E-state index is -0.117. The van der Waals surface area contributed by atoms with Crippen LogP contribution in [0.1, 0.15) is 35.3 Å². The maximum absolute atomic E-state index is 12.4. The Labute approximate surface area is 146 Å². The monoisotopic (exact) mass is 429 g/mol. The standard InChI is InChI=1S/C16H14Br2ClNO/c1-2-15(10-3-5-11(17)6-4-10)20-16(21)13-8-7-12(19)9-14(13)18/h3-9,15H,2H2,1H3,(H,20,21). The van der Waals surface area contributed by atoms with Gasteiger partial charge in [-0.3, -0.25) is 4.79 Å². The van der Waals surface area contributed by atoms with E-state index in [4.69, 9.17) is 11.6 Å². The molecule has 1 atom stereocenters. The molecule has 2 rings (SSSR count). The smallest absolute Gasteiger partial charge is 0.252 e. The predicted octanol–water partition coefficient (Wildman–Crippen LogP) is 5.75. The second kappa shape index (κ2) is 7.43. The number of rotatable bonds is 4. The van der Waals surface area contributed by atoms with Crippen molar-refractivity contribution in [1.82, 2.24) is 5.32 Å². The third kappa shape index (κ3) is 4.31. The molecule has 0 aliphatic heterocycles. The van der Waals surface area contributed by atoms with Gasteiger partial charge in [0.05, 0.1) is 11.6 Å². The molecule has 1 N–H and O–H groups in total. The molecular weight excluding hydrogens is 417 g/mol. The van der Waals surface area contributed by atoms with Crippen LogP contribution in [0.25, 0.3) is 0 Å². The molecule has 21 heavy (non-hydrogen) atoms. The first-order valence-electron chi connectivity index (χ1n) is 6.52. The summed E-state index contributed by atoms with van der Waals surface area (Å²) in [6.07, 6.45) is 0.818. The van der Waals surface area contributed by atoms with Crippen LogP contribution < -0.4 is 5.32 Å². The van der Waals surface area contributed by atoms with Crippen LogP contribution in [0.5, 0.6) is 0 Å². The van der Waals surface area contributed by atoms with E-state index in [0.717, 1.165) is 16.5 Å². The molecule has 0 saturated heterocycles. The Hall–Kier alpha value is -0.840. The Morgan fingerprint density at radius 3 is 2.43 bits per heavy atom. The Morgan fingerprint density at radius 2 is 1.86 bits per heavy atom. The van der Waals surface area contributed by atoms with Gasteiger partial charge < -0.3 is 5.32 Å². The van der Waals surface area contributed by atoms with Gasteiger partial charge >= 0.3 is 0 Å². The first-order chi connectivity index (χ1) is 10.0. The molecule has 2 aromatic rings. The number of halogens is 3. The summed E-state index contributed by atoms with van der Waals surface area (Å²) in [4.78, 5) is 12.4. The lowest BCUT2D eigenvalue weighted by Gasteiger charge is -2.18. The zero-order chi connectivity index (χ0) is 15.4. The first-order valence-corrected chi connectivity index (χ1v) is 8.49. The van der Waals surface area contributed by atoms with E-state index in [2.05, 4.69) is 37.2 Å². The van der Waals surface area contributed by atoms with Crippen LogP contribution in [0.15, 0.2) is 51.4 Å². The predicted molar refractivity (Wildman–Crippen MR) is 93.8 cm³/mol. The molecule has 0 aliphatic carbocycles. The number of benzene rings is 2.